The fraction of sp³-hybridized carbons (Fsp3) is 0.942. The third kappa shape index (κ3) is 9.93. The van der Waals surface area contributed by atoms with Crippen LogP contribution < -0.4 is 10.6 Å². The van der Waals surface area contributed by atoms with E-state index in [9.17, 15) is 9.90 Å². The van der Waals surface area contributed by atoms with Gasteiger partial charge in [0.05, 0.1) is 18.1 Å². The summed E-state index contributed by atoms with van der Waals surface area (Å²) in [6.07, 6.45) is 39.2. The van der Waals surface area contributed by atoms with Gasteiger partial charge >= 0.3 is 0 Å². The summed E-state index contributed by atoms with van der Waals surface area (Å²) in [6.45, 7) is 7.31. The molecule has 1 aliphatic heterocycles. The van der Waals surface area contributed by atoms with Gasteiger partial charge < -0.3 is 15.7 Å². The maximum Gasteiger partial charge on any atom is 0.226 e. The summed E-state index contributed by atoms with van der Waals surface area (Å²) in [6, 6.07) is 3.77. The van der Waals surface area contributed by atoms with E-state index >= 15 is 0 Å². The van der Waals surface area contributed by atoms with Gasteiger partial charge in [-0.25, -0.2) is 0 Å². The lowest BCUT2D eigenvalue weighted by molar-refractivity contribution is -0.136. The summed E-state index contributed by atoms with van der Waals surface area (Å²) >= 11 is 0. The molecule has 9 aliphatic rings. The van der Waals surface area contributed by atoms with Crippen LogP contribution in [0.3, 0.4) is 0 Å². The van der Waals surface area contributed by atoms with Crippen LogP contribution in [-0.4, -0.2) is 70.4 Å². The first-order chi connectivity index (χ1) is 28.8. The molecule has 7 heteroatoms. The first kappa shape index (κ1) is 43.0. The van der Waals surface area contributed by atoms with Crippen LogP contribution in [0.15, 0.2) is 22.4 Å². The zero-order chi connectivity index (χ0) is 40.5. The van der Waals surface area contributed by atoms with Crippen LogP contribution >= 0.6 is 0 Å². The van der Waals surface area contributed by atoms with Crippen LogP contribution in [0, 0.1) is 59.2 Å². The molecular weight excluding hydrogens is 727 g/mol. The zero-order valence-electron chi connectivity index (χ0n) is 37.9. The molecule has 0 aromatic rings. The van der Waals surface area contributed by atoms with E-state index in [2.05, 4.69) is 48.5 Å². The van der Waals surface area contributed by atoms with Crippen molar-refractivity contribution in [3.05, 3.63) is 12.2 Å². The van der Waals surface area contributed by atoms with E-state index in [1.54, 1.807) is 0 Å². The quantitative estimate of drug-likeness (QED) is 0.160. The number of allylic oxidation sites excluding steroid dienone is 2. The van der Waals surface area contributed by atoms with Crippen molar-refractivity contribution in [3.8, 4) is 0 Å². The predicted molar refractivity (Wildman–Crippen MR) is 240 cm³/mol. The van der Waals surface area contributed by atoms with Crippen LogP contribution in [0.1, 0.15) is 194 Å². The Labute approximate surface area is 360 Å². The van der Waals surface area contributed by atoms with Crippen LogP contribution in [0.4, 0.5) is 0 Å². The van der Waals surface area contributed by atoms with E-state index in [0.29, 0.717) is 35.8 Å². The number of carbonyl (C=O) groups excluding carboxylic acids is 1. The Balaban J connectivity index is 0.771. The summed E-state index contributed by atoms with van der Waals surface area (Å²) in [5.74, 6) is 5.93. The molecule has 1 amide bonds. The summed E-state index contributed by atoms with van der Waals surface area (Å²) < 4.78 is 0. The minimum absolute atomic E-state index is 0.0908. The first-order valence-electron chi connectivity index (χ1n) is 26.4. The molecule has 9 unspecified atom stereocenters. The molecule has 8 saturated carbocycles. The van der Waals surface area contributed by atoms with Crippen LogP contribution in [-0.2, 0) is 4.79 Å². The third-order valence-corrected chi connectivity index (χ3v) is 19.2. The molecule has 0 spiro atoms. The van der Waals surface area contributed by atoms with Crippen molar-refractivity contribution in [2.24, 2.45) is 69.4 Å². The van der Waals surface area contributed by atoms with Crippen molar-refractivity contribution in [3.63, 3.8) is 0 Å². The number of nitrogens with zero attached hydrogens (tertiary/aromatic N) is 3. The molecule has 0 aromatic heterocycles. The first-order valence-corrected chi connectivity index (χ1v) is 26.4. The summed E-state index contributed by atoms with van der Waals surface area (Å²) in [7, 11) is 0. The molecule has 7 nitrogen and oxygen atoms in total. The minimum atomic E-state index is -0.745. The number of amides is 1. The van der Waals surface area contributed by atoms with Gasteiger partial charge in [-0.05, 0) is 208 Å². The zero-order valence-corrected chi connectivity index (χ0v) is 37.9. The van der Waals surface area contributed by atoms with Crippen molar-refractivity contribution < 1.29 is 9.90 Å². The second-order valence-corrected chi connectivity index (χ2v) is 23.1. The lowest BCUT2D eigenvalue weighted by Crippen LogP contribution is -2.59. The molecule has 1 heterocycles. The van der Waals surface area contributed by atoms with Crippen LogP contribution in [0.5, 0.6) is 0 Å². The average Bonchev–Trinajstić information content (AvgIpc) is 3.64. The van der Waals surface area contributed by atoms with E-state index in [4.69, 9.17) is 10.2 Å². The van der Waals surface area contributed by atoms with Gasteiger partial charge in [0.1, 0.15) is 6.04 Å². The molecule has 59 heavy (non-hydrogen) atoms. The molecule has 8 aliphatic carbocycles. The maximum atomic E-state index is 14.2. The predicted octanol–water partition coefficient (Wildman–Crippen LogP) is 11.2. The van der Waals surface area contributed by atoms with Crippen LogP contribution in [0.2, 0.25) is 0 Å². The lowest BCUT2D eigenvalue weighted by atomic mass is 9.58. The molecule has 0 bridgehead atoms. The SMILES string of the molecule is CC1CCC(N=NC2C(O)C(C(=O)NC3CCC(/C=C/C4CCC(N(C5CCC(C)CC5)C5CCC(C)CC5)CC4)CC3)CC3CCC4C5CCCCC5NC4C32)CC1. The van der Waals surface area contributed by atoms with Gasteiger partial charge in [0.25, 0.3) is 0 Å². The van der Waals surface area contributed by atoms with E-state index in [-0.39, 0.29) is 30.0 Å². The van der Waals surface area contributed by atoms with Gasteiger partial charge in [-0.3, -0.25) is 9.69 Å². The summed E-state index contributed by atoms with van der Waals surface area (Å²) in [4.78, 5) is 17.3. The highest BCUT2D eigenvalue weighted by Crippen LogP contribution is 2.53. The number of nitrogens with one attached hydrogen (secondary N) is 2. The topological polar surface area (TPSA) is 89.3 Å². The lowest BCUT2D eigenvalue weighted by Gasteiger charge is -2.50. The number of azo groups is 1. The highest BCUT2D eigenvalue weighted by atomic mass is 16.3. The Bertz CT molecular complexity index is 1370. The normalized spacial score (nSPS) is 48.4. The van der Waals surface area contributed by atoms with Crippen molar-refractivity contribution in [1.82, 2.24) is 15.5 Å². The largest absolute Gasteiger partial charge is 0.390 e. The molecule has 1 saturated heterocycles. The van der Waals surface area contributed by atoms with Gasteiger partial charge in [0, 0.05) is 42.2 Å². The maximum absolute atomic E-state index is 14.2. The molecule has 0 radical (unpaired) electrons. The van der Waals surface area contributed by atoms with Gasteiger partial charge in [-0.1, -0.05) is 45.8 Å². The molecule has 3 N–H and O–H groups in total. The molecule has 9 fully saturated rings. The number of fused-ring (bicyclic) bond motifs is 5. The Morgan fingerprint density at radius 2 is 1.15 bits per heavy atom. The number of aliphatic hydroxyl groups excluding tert-OH is 1. The molecule has 9 rings (SSSR count). The highest BCUT2D eigenvalue weighted by Gasteiger charge is 2.57. The van der Waals surface area contributed by atoms with Crippen molar-refractivity contribution in [1.29, 1.82) is 0 Å². The average molecular weight is 814 g/mol. The Kier molecular flexibility index (Phi) is 14.3. The van der Waals surface area contributed by atoms with E-state index in [0.717, 1.165) is 92.7 Å². The molecule has 9 atom stereocenters. The smallest absolute Gasteiger partial charge is 0.226 e. The number of hydrogen-bond donors (Lipinski definition) is 3. The highest BCUT2D eigenvalue weighted by molar-refractivity contribution is 5.80. The number of carbonyl (C=O) groups is 1. The summed E-state index contributed by atoms with van der Waals surface area (Å²) in [5, 5.41) is 30.0. The van der Waals surface area contributed by atoms with Crippen molar-refractivity contribution in [2.45, 2.75) is 249 Å². The summed E-state index contributed by atoms with van der Waals surface area (Å²) in [5.41, 5.74) is 0. The molecule has 0 aromatic carbocycles. The second-order valence-electron chi connectivity index (χ2n) is 23.1. The number of hydrogen-bond acceptors (Lipinski definition) is 6. The van der Waals surface area contributed by atoms with E-state index in [1.807, 2.05) is 0 Å². The van der Waals surface area contributed by atoms with Crippen molar-refractivity contribution >= 4 is 5.91 Å². The minimum Gasteiger partial charge on any atom is -0.390 e. The van der Waals surface area contributed by atoms with Gasteiger partial charge in [-0.15, -0.1) is 0 Å². The van der Waals surface area contributed by atoms with Crippen molar-refractivity contribution in [2.75, 3.05) is 0 Å². The van der Waals surface area contributed by atoms with Crippen LogP contribution in [0.25, 0.3) is 0 Å². The Morgan fingerprint density at radius 1 is 0.610 bits per heavy atom. The Morgan fingerprint density at radius 3 is 1.76 bits per heavy atom. The number of rotatable bonds is 9. The number of aliphatic hydroxyl groups is 1. The van der Waals surface area contributed by atoms with Gasteiger partial charge in [0.15, 0.2) is 0 Å². The molecule has 332 valence electrons. The van der Waals surface area contributed by atoms with Gasteiger partial charge in [-0.2, -0.15) is 10.2 Å². The molecular formula is C52H87N5O2. The van der Waals surface area contributed by atoms with E-state index in [1.165, 1.54) is 128 Å². The standard InChI is InChI=1S/C52H87N5O2/c1-33-8-21-40(22-9-33)55-56-50-48-38(20-31-45-44-6-4-5-7-47(44)54-49(45)48)32-46(51(50)58)52(59)53-39-23-16-36(17-24-39)14-15-37-18-29-43(30-19-37)57(41-25-10-34(2)11-26-41)42-27-12-35(3)13-28-42/h14-15,33-51,54,58H,4-13,16-32H2,1-3H3,(H,53,59)/b15-14+,56-55?. The Hall–Kier alpha value is -1.31. The monoisotopic (exact) mass is 814 g/mol. The fourth-order valence-electron chi connectivity index (χ4n) is 15.5. The van der Waals surface area contributed by atoms with E-state index < -0.39 is 6.10 Å². The fourth-order valence-corrected chi connectivity index (χ4v) is 15.5. The second kappa shape index (κ2) is 19.6. The third-order valence-electron chi connectivity index (χ3n) is 19.2. The van der Waals surface area contributed by atoms with Gasteiger partial charge in [0.2, 0.25) is 5.91 Å².